The van der Waals surface area contributed by atoms with E-state index in [2.05, 4.69) is 5.32 Å². The average molecular weight is 212 g/mol. The SMILES string of the molecule is O=C(C1CC1F)N1CC2CC[C@@H](CN2)C1. The summed E-state index contributed by atoms with van der Waals surface area (Å²) in [6.45, 7) is 2.66. The molecule has 0 aromatic rings. The van der Waals surface area contributed by atoms with Gasteiger partial charge in [-0.05, 0) is 31.7 Å². The summed E-state index contributed by atoms with van der Waals surface area (Å²) in [5, 5.41) is 3.45. The summed E-state index contributed by atoms with van der Waals surface area (Å²) in [5.41, 5.74) is 0. The number of hydrogen-bond acceptors (Lipinski definition) is 2. The van der Waals surface area contributed by atoms with Gasteiger partial charge in [0.05, 0.1) is 5.92 Å². The van der Waals surface area contributed by atoms with Crippen LogP contribution in [0.4, 0.5) is 4.39 Å². The van der Waals surface area contributed by atoms with Gasteiger partial charge in [-0.3, -0.25) is 4.79 Å². The van der Waals surface area contributed by atoms with Crippen LogP contribution < -0.4 is 5.32 Å². The first-order chi connectivity index (χ1) is 7.24. The highest BCUT2D eigenvalue weighted by atomic mass is 19.1. The lowest BCUT2D eigenvalue weighted by Crippen LogP contribution is -2.41. The number of carbonyl (C=O) groups excluding carboxylic acids is 1. The molecule has 2 bridgehead atoms. The van der Waals surface area contributed by atoms with Gasteiger partial charge in [0.2, 0.25) is 5.91 Å². The molecule has 0 aromatic carbocycles. The predicted molar refractivity (Wildman–Crippen MR) is 54.1 cm³/mol. The first kappa shape index (κ1) is 9.58. The van der Waals surface area contributed by atoms with Crippen LogP contribution in [0.3, 0.4) is 0 Å². The minimum Gasteiger partial charge on any atom is -0.340 e. The van der Waals surface area contributed by atoms with Crippen molar-refractivity contribution in [3.8, 4) is 0 Å². The van der Waals surface area contributed by atoms with Crippen molar-refractivity contribution in [2.45, 2.75) is 31.5 Å². The summed E-state index contributed by atoms with van der Waals surface area (Å²) in [4.78, 5) is 13.8. The highest BCUT2D eigenvalue weighted by Gasteiger charge is 2.46. The van der Waals surface area contributed by atoms with Gasteiger partial charge >= 0.3 is 0 Å². The summed E-state index contributed by atoms with van der Waals surface area (Å²) in [6.07, 6.45) is 1.98. The van der Waals surface area contributed by atoms with E-state index in [1.54, 1.807) is 0 Å². The Morgan fingerprint density at radius 2 is 2.13 bits per heavy atom. The van der Waals surface area contributed by atoms with Gasteiger partial charge in [-0.15, -0.1) is 0 Å². The zero-order valence-electron chi connectivity index (χ0n) is 8.79. The van der Waals surface area contributed by atoms with Gasteiger partial charge in [0.1, 0.15) is 6.17 Å². The molecule has 1 amide bonds. The van der Waals surface area contributed by atoms with Crippen LogP contribution in [0.2, 0.25) is 0 Å². The van der Waals surface area contributed by atoms with Crippen LogP contribution >= 0.6 is 0 Å². The van der Waals surface area contributed by atoms with Gasteiger partial charge < -0.3 is 10.2 Å². The summed E-state index contributed by atoms with van der Waals surface area (Å²) in [5.74, 6) is 0.343. The van der Waals surface area contributed by atoms with E-state index in [4.69, 9.17) is 0 Å². The van der Waals surface area contributed by atoms with E-state index in [1.165, 1.54) is 6.42 Å². The molecule has 84 valence electrons. The van der Waals surface area contributed by atoms with Crippen LogP contribution in [0.1, 0.15) is 19.3 Å². The third kappa shape index (κ3) is 1.75. The summed E-state index contributed by atoms with van der Waals surface area (Å²) in [6, 6.07) is 0.449. The maximum atomic E-state index is 12.8. The maximum absolute atomic E-state index is 12.8. The topological polar surface area (TPSA) is 32.3 Å². The van der Waals surface area contributed by atoms with Crippen LogP contribution in [-0.2, 0) is 4.79 Å². The highest BCUT2D eigenvalue weighted by Crippen LogP contribution is 2.36. The third-order valence-corrected chi connectivity index (χ3v) is 3.88. The van der Waals surface area contributed by atoms with Gasteiger partial charge in [0.25, 0.3) is 0 Å². The van der Waals surface area contributed by atoms with E-state index in [-0.39, 0.29) is 11.8 Å². The molecular weight excluding hydrogens is 195 g/mol. The van der Waals surface area contributed by atoms with E-state index >= 15 is 0 Å². The molecule has 3 unspecified atom stereocenters. The van der Waals surface area contributed by atoms with Gasteiger partial charge in [0.15, 0.2) is 0 Å². The molecule has 4 heteroatoms. The fourth-order valence-corrected chi connectivity index (χ4v) is 2.77. The molecule has 1 saturated carbocycles. The van der Waals surface area contributed by atoms with Gasteiger partial charge in [-0.1, -0.05) is 0 Å². The molecule has 1 N–H and O–H groups in total. The van der Waals surface area contributed by atoms with E-state index in [1.807, 2.05) is 4.90 Å². The van der Waals surface area contributed by atoms with E-state index in [0.717, 1.165) is 26.1 Å². The number of rotatable bonds is 1. The molecule has 15 heavy (non-hydrogen) atoms. The number of hydrogen-bond donors (Lipinski definition) is 1. The molecule has 0 radical (unpaired) electrons. The number of piperidine rings is 1. The molecule has 0 spiro atoms. The second-order valence-corrected chi connectivity index (χ2v) is 5.15. The Hall–Kier alpha value is -0.640. The molecule has 3 heterocycles. The largest absolute Gasteiger partial charge is 0.340 e. The number of halogens is 1. The number of alkyl halides is 1. The molecule has 4 rings (SSSR count). The van der Waals surface area contributed by atoms with E-state index in [0.29, 0.717) is 18.4 Å². The molecule has 4 atom stereocenters. The Morgan fingerprint density at radius 3 is 2.73 bits per heavy atom. The first-order valence-electron chi connectivity index (χ1n) is 5.90. The van der Waals surface area contributed by atoms with Gasteiger partial charge in [0, 0.05) is 19.1 Å². The third-order valence-electron chi connectivity index (χ3n) is 3.88. The van der Waals surface area contributed by atoms with Crippen molar-refractivity contribution in [2.75, 3.05) is 19.6 Å². The quantitative estimate of drug-likeness (QED) is 0.688. The lowest BCUT2D eigenvalue weighted by molar-refractivity contribution is -0.133. The van der Waals surface area contributed by atoms with Crippen molar-refractivity contribution >= 4 is 5.91 Å². The fourth-order valence-electron chi connectivity index (χ4n) is 2.77. The lowest BCUT2D eigenvalue weighted by atomic mass is 9.97. The number of fused-ring (bicyclic) bond motifs is 4. The zero-order chi connectivity index (χ0) is 10.4. The Labute approximate surface area is 89.0 Å². The number of nitrogens with one attached hydrogen (secondary N) is 1. The van der Waals surface area contributed by atoms with Crippen molar-refractivity contribution < 1.29 is 9.18 Å². The van der Waals surface area contributed by atoms with Gasteiger partial charge in [-0.25, -0.2) is 4.39 Å². The Bertz CT molecular complexity index is 262. The molecule has 3 nitrogen and oxygen atoms in total. The monoisotopic (exact) mass is 212 g/mol. The van der Waals surface area contributed by atoms with Crippen molar-refractivity contribution in [3.05, 3.63) is 0 Å². The van der Waals surface area contributed by atoms with E-state index < -0.39 is 6.17 Å². The van der Waals surface area contributed by atoms with Crippen molar-refractivity contribution in [3.63, 3.8) is 0 Å². The molecule has 0 aromatic heterocycles. The Balaban J connectivity index is 1.68. The van der Waals surface area contributed by atoms with E-state index in [9.17, 15) is 9.18 Å². The Morgan fingerprint density at radius 1 is 1.33 bits per heavy atom. The molecule has 4 aliphatic rings. The summed E-state index contributed by atoms with van der Waals surface area (Å²) in [7, 11) is 0. The first-order valence-corrected chi connectivity index (χ1v) is 5.90. The maximum Gasteiger partial charge on any atom is 0.228 e. The average Bonchev–Trinajstić information content (AvgIpc) is 3.00. The van der Waals surface area contributed by atoms with Crippen LogP contribution in [0.25, 0.3) is 0 Å². The normalized spacial score (nSPS) is 43.9. The van der Waals surface area contributed by atoms with Crippen molar-refractivity contribution in [2.24, 2.45) is 11.8 Å². The fraction of sp³-hybridized carbons (Fsp3) is 0.909. The summed E-state index contributed by atoms with van der Waals surface area (Å²) < 4.78 is 12.8. The molecule has 3 saturated heterocycles. The molecular formula is C11H17FN2O. The number of nitrogens with zero attached hydrogens (tertiary/aromatic N) is 1. The second kappa shape index (κ2) is 3.44. The standard InChI is InChI=1S/C11H17FN2O/c12-10-3-9(10)11(15)14-5-7-1-2-8(6-14)13-4-7/h7-10,13H,1-6H2/t7-,8?,9?,10?/m0/s1. The second-order valence-electron chi connectivity index (χ2n) is 5.15. The minimum atomic E-state index is -0.855. The predicted octanol–water partition coefficient (Wildman–Crippen LogP) is 0.555. The molecule has 3 aliphatic heterocycles. The molecule has 4 fully saturated rings. The molecule has 1 aliphatic carbocycles. The Kier molecular flexibility index (Phi) is 2.20. The zero-order valence-corrected chi connectivity index (χ0v) is 8.79. The smallest absolute Gasteiger partial charge is 0.228 e. The lowest BCUT2D eigenvalue weighted by Gasteiger charge is -2.23. The van der Waals surface area contributed by atoms with Gasteiger partial charge in [-0.2, -0.15) is 0 Å². The van der Waals surface area contributed by atoms with Crippen LogP contribution in [0.15, 0.2) is 0 Å². The van der Waals surface area contributed by atoms with Crippen molar-refractivity contribution in [1.29, 1.82) is 0 Å². The number of carbonyl (C=O) groups is 1. The van der Waals surface area contributed by atoms with Crippen LogP contribution in [0.5, 0.6) is 0 Å². The van der Waals surface area contributed by atoms with Crippen LogP contribution in [-0.4, -0.2) is 42.7 Å². The van der Waals surface area contributed by atoms with Crippen LogP contribution in [0, 0.1) is 11.8 Å². The van der Waals surface area contributed by atoms with Crippen molar-refractivity contribution in [1.82, 2.24) is 10.2 Å². The summed E-state index contributed by atoms with van der Waals surface area (Å²) >= 11 is 0. The number of amides is 1. The highest BCUT2D eigenvalue weighted by molar-refractivity contribution is 5.82. The minimum absolute atomic E-state index is 0.0584.